The third-order valence-corrected chi connectivity index (χ3v) is 4.83. The van der Waals surface area contributed by atoms with Gasteiger partial charge >= 0.3 is 19.8 Å². The molecule has 2 aliphatic carbocycles. The molecule has 0 amide bonds. The van der Waals surface area contributed by atoms with E-state index in [1.807, 2.05) is 13.8 Å². The molecule has 5 nitrogen and oxygen atoms in total. The largest absolute Gasteiger partial charge is 3.00 e. The third kappa shape index (κ3) is 7.69. The van der Waals surface area contributed by atoms with Gasteiger partial charge in [0.2, 0.25) is 0 Å². The first-order valence-corrected chi connectivity index (χ1v) is 7.85. The Morgan fingerprint density at radius 3 is 1.18 bits per heavy atom. The molecule has 0 aromatic carbocycles. The third-order valence-electron chi connectivity index (χ3n) is 4.83. The van der Waals surface area contributed by atoms with Gasteiger partial charge in [-0.3, -0.25) is 0 Å². The van der Waals surface area contributed by atoms with Crippen LogP contribution in [0.3, 0.4) is 0 Å². The average Bonchev–Trinajstić information content (AvgIpc) is 2.40. The Hall–Kier alpha value is -0.464. The minimum absolute atomic E-state index is 0. The normalized spacial score (nSPS) is 30.6. The maximum absolute atomic E-state index is 10.5. The predicted molar refractivity (Wildman–Crippen MR) is 79.9 cm³/mol. The molecule has 0 spiro atoms. The summed E-state index contributed by atoms with van der Waals surface area (Å²) >= 11 is 0. The monoisotopic (exact) mass is 368 g/mol. The molecule has 0 bridgehead atoms. The number of hydrogen-bond acceptors (Lipinski definition) is 5. The Balaban J connectivity index is 0. The molecule has 1 N–H and O–H groups in total. The van der Waals surface area contributed by atoms with E-state index < -0.39 is 11.9 Å². The van der Waals surface area contributed by atoms with Gasteiger partial charge in [0.1, 0.15) is 0 Å². The van der Waals surface area contributed by atoms with Gasteiger partial charge in [0.25, 0.3) is 0 Å². The van der Waals surface area contributed by atoms with Crippen LogP contribution < -0.4 is 10.2 Å². The minimum atomic E-state index is -0.854. The van der Waals surface area contributed by atoms with Crippen molar-refractivity contribution in [1.29, 1.82) is 0 Å². The summed E-state index contributed by atoms with van der Waals surface area (Å²) in [5.74, 6) is -1.39. The maximum atomic E-state index is 10.5. The van der Waals surface area contributed by atoms with Crippen molar-refractivity contribution in [1.82, 2.24) is 0 Å². The minimum Gasteiger partial charge on any atom is -0.870 e. The fourth-order valence-corrected chi connectivity index (χ4v) is 3.33. The van der Waals surface area contributed by atoms with Crippen LogP contribution in [0.2, 0.25) is 0 Å². The summed E-state index contributed by atoms with van der Waals surface area (Å²) in [5, 5.41) is 20.9. The van der Waals surface area contributed by atoms with Crippen molar-refractivity contribution in [3.8, 4) is 0 Å². The first kappa shape index (κ1) is 23.8. The molecule has 0 aromatic heterocycles. The van der Waals surface area contributed by atoms with Crippen molar-refractivity contribution in [2.24, 2.45) is 23.7 Å². The molecule has 22 heavy (non-hydrogen) atoms. The first-order valence-electron chi connectivity index (χ1n) is 7.85. The van der Waals surface area contributed by atoms with Gasteiger partial charge in [-0.1, -0.05) is 52.4 Å². The fraction of sp³-hybridized carbons (Fsp3) is 0.875. The number of hydrogen-bond donors (Lipinski definition) is 0. The molecule has 6 heteroatoms. The number of carbonyl (C=O) groups is 2. The van der Waals surface area contributed by atoms with Crippen molar-refractivity contribution in [2.45, 2.75) is 65.2 Å². The van der Waals surface area contributed by atoms with Gasteiger partial charge in [-0.2, -0.15) is 0 Å². The van der Waals surface area contributed by atoms with Gasteiger partial charge in [-0.15, -0.1) is 0 Å². The molecule has 0 radical (unpaired) electrons. The van der Waals surface area contributed by atoms with E-state index in [4.69, 9.17) is 0 Å². The van der Waals surface area contributed by atoms with Gasteiger partial charge in [0, 0.05) is 23.8 Å². The Bertz CT molecular complexity index is 302. The van der Waals surface area contributed by atoms with Crippen LogP contribution in [0.5, 0.6) is 0 Å². The molecule has 2 aliphatic rings. The van der Waals surface area contributed by atoms with Crippen molar-refractivity contribution in [2.75, 3.05) is 0 Å². The second-order valence-corrected chi connectivity index (χ2v) is 6.37. The molecule has 2 saturated carbocycles. The van der Waals surface area contributed by atoms with Crippen LogP contribution >= 0.6 is 0 Å². The van der Waals surface area contributed by atoms with Crippen molar-refractivity contribution >= 4 is 31.7 Å². The van der Waals surface area contributed by atoms with E-state index in [0.29, 0.717) is 11.8 Å². The molecular weight excluding hydrogens is 342 g/mol. The van der Waals surface area contributed by atoms with E-state index in [0.717, 1.165) is 38.5 Å². The van der Waals surface area contributed by atoms with E-state index in [2.05, 4.69) is 0 Å². The summed E-state index contributed by atoms with van der Waals surface area (Å²) in [6, 6.07) is 0. The number of aliphatic carboxylic acids is 2. The van der Waals surface area contributed by atoms with E-state index in [1.54, 1.807) is 0 Å². The summed E-state index contributed by atoms with van der Waals surface area (Å²) < 4.78 is 0. The molecule has 4 atom stereocenters. The van der Waals surface area contributed by atoms with Crippen LogP contribution in [0, 0.1) is 23.7 Å². The van der Waals surface area contributed by atoms with E-state index in [-0.39, 0.29) is 37.1 Å². The van der Waals surface area contributed by atoms with Gasteiger partial charge in [-0.05, 0) is 24.7 Å². The summed E-state index contributed by atoms with van der Waals surface area (Å²) in [5.41, 5.74) is 0. The van der Waals surface area contributed by atoms with E-state index in [1.165, 1.54) is 12.8 Å². The van der Waals surface area contributed by atoms with Crippen LogP contribution in [0.25, 0.3) is 0 Å². The Morgan fingerprint density at radius 2 is 1.00 bits per heavy atom. The molecule has 0 heterocycles. The van der Waals surface area contributed by atoms with Crippen LogP contribution in [-0.4, -0.2) is 37.2 Å². The molecule has 0 saturated heterocycles. The molecule has 4 unspecified atom stereocenters. The summed E-state index contributed by atoms with van der Waals surface area (Å²) in [6.45, 7) is 4.00. The zero-order chi connectivity index (χ0) is 15.1. The topological polar surface area (TPSA) is 110 Å². The standard InChI is InChI=1S/2C8H14O2.Ga.H2O/c2*1-6-4-2-3-5-7(6)8(9)10;;/h2*6-7H,2-5H2,1H3,(H,9,10);;1H2/q;;+3;/p-3. The average molecular weight is 369 g/mol. The van der Waals surface area contributed by atoms with Gasteiger partial charge in [-0.25, -0.2) is 0 Å². The SMILES string of the molecule is CC1CCCCC1C(=O)[O-].CC1CCCCC1C(=O)[O-].[Ga+3].[OH-]. The van der Waals surface area contributed by atoms with Crippen molar-refractivity contribution in [3.63, 3.8) is 0 Å². The predicted octanol–water partition coefficient (Wildman–Crippen LogP) is 0.568. The molecular formula is C16H27GaO5. The summed E-state index contributed by atoms with van der Waals surface area (Å²) in [4.78, 5) is 20.9. The van der Waals surface area contributed by atoms with Crippen LogP contribution in [-0.2, 0) is 9.59 Å². The Kier molecular flexibility index (Phi) is 13.0. The van der Waals surface area contributed by atoms with Gasteiger partial charge < -0.3 is 25.3 Å². The molecule has 124 valence electrons. The van der Waals surface area contributed by atoms with Gasteiger partial charge in [0.05, 0.1) is 0 Å². The number of rotatable bonds is 2. The smallest absolute Gasteiger partial charge is 0.870 e. The molecule has 0 aliphatic heterocycles. The fourth-order valence-electron chi connectivity index (χ4n) is 3.33. The number of carbonyl (C=O) groups excluding carboxylic acids is 2. The second kappa shape index (κ2) is 12.0. The zero-order valence-corrected chi connectivity index (χ0v) is 16.0. The first-order chi connectivity index (χ1) is 9.43. The molecule has 2 fully saturated rings. The van der Waals surface area contributed by atoms with E-state index >= 15 is 0 Å². The van der Waals surface area contributed by atoms with Crippen molar-refractivity contribution < 1.29 is 25.3 Å². The maximum Gasteiger partial charge on any atom is 3.00 e. The van der Waals surface area contributed by atoms with E-state index in [9.17, 15) is 19.8 Å². The second-order valence-electron chi connectivity index (χ2n) is 6.37. The Morgan fingerprint density at radius 1 is 0.727 bits per heavy atom. The summed E-state index contributed by atoms with van der Waals surface area (Å²) in [6.07, 6.45) is 8.24. The Labute approximate surface area is 146 Å². The van der Waals surface area contributed by atoms with Crippen LogP contribution in [0.15, 0.2) is 0 Å². The molecule has 0 aromatic rings. The van der Waals surface area contributed by atoms with Crippen LogP contribution in [0.4, 0.5) is 0 Å². The van der Waals surface area contributed by atoms with Crippen LogP contribution in [0.1, 0.15) is 65.2 Å². The summed E-state index contributed by atoms with van der Waals surface area (Å²) in [7, 11) is 0. The quantitative estimate of drug-likeness (QED) is 0.661. The zero-order valence-electron chi connectivity index (χ0n) is 13.6. The molecule has 2 rings (SSSR count). The number of carboxylic acids is 2. The van der Waals surface area contributed by atoms with Crippen molar-refractivity contribution in [3.05, 3.63) is 0 Å². The van der Waals surface area contributed by atoms with Gasteiger partial charge in [0.15, 0.2) is 0 Å². The number of carboxylic acid groups (broad SMARTS) is 2.